The zero-order valence-electron chi connectivity index (χ0n) is 42.8. The van der Waals surface area contributed by atoms with E-state index < -0.39 is 65.3 Å². The first kappa shape index (κ1) is 57.2. The molecule has 0 bridgehead atoms. The first-order chi connectivity index (χ1) is 32.9. The number of ketones is 3. The smallest absolute Gasteiger partial charge is 0.328 e. The van der Waals surface area contributed by atoms with Gasteiger partial charge in [-0.25, -0.2) is 4.79 Å². The van der Waals surface area contributed by atoms with Gasteiger partial charge in [0.05, 0.1) is 29.7 Å². The summed E-state index contributed by atoms with van der Waals surface area (Å²) >= 11 is 6.40. The number of hydrogen-bond acceptors (Lipinski definition) is 11. The van der Waals surface area contributed by atoms with Gasteiger partial charge in [-0.3, -0.25) is 28.8 Å². The third-order valence-corrected chi connectivity index (χ3v) is 13.8. The van der Waals surface area contributed by atoms with Crippen LogP contribution < -0.4 is 26.0 Å². The Labute approximate surface area is 420 Å². The molecule has 0 aliphatic carbocycles. The van der Waals surface area contributed by atoms with Crippen LogP contribution in [0.25, 0.3) is 0 Å². The largest absolute Gasteiger partial charge is 0.495 e. The number of halogens is 1. The lowest BCUT2D eigenvalue weighted by molar-refractivity contribution is -0.157. The Morgan fingerprint density at radius 3 is 2.19 bits per heavy atom. The zero-order chi connectivity index (χ0) is 52.0. The summed E-state index contributed by atoms with van der Waals surface area (Å²) in [6, 6.07) is 9.32. The zero-order valence-corrected chi connectivity index (χ0v) is 43.5. The molecule has 4 amide bonds. The highest BCUT2D eigenvalue weighted by Gasteiger charge is 2.48. The highest BCUT2D eigenvalue weighted by Crippen LogP contribution is 2.45. The number of carbonyl (C=O) groups excluding carboxylic acids is 8. The quantitative estimate of drug-likeness (QED) is 0.0718. The molecule has 2 aromatic carbocycles. The third kappa shape index (κ3) is 16.9. The van der Waals surface area contributed by atoms with Crippen molar-refractivity contribution in [1.29, 1.82) is 0 Å². The van der Waals surface area contributed by atoms with E-state index in [9.17, 15) is 38.4 Å². The molecule has 0 aromatic heterocycles. The maximum Gasteiger partial charge on any atom is 0.328 e. The fourth-order valence-electron chi connectivity index (χ4n) is 8.41. The lowest BCUT2D eigenvalue weighted by Gasteiger charge is -2.34. The van der Waals surface area contributed by atoms with Crippen molar-refractivity contribution in [3.05, 3.63) is 76.3 Å². The normalized spacial score (nSPS) is 23.7. The molecule has 9 atom stereocenters. The standard InChI is InChI=1S/C54H75ClN4O11.H2/c1-30(2)26-43-52(66)69-45(16-13-17-47(63)58-42(28-37-21-25-46(68-11)41(55)27-37)51(65)57-35(8)54(9,10)53(67)59-43)33(6)48-49(70-48)38-22-18-36(19-23-38)20-24-44(62)34(7)56-50(64)40(31(3)4)29-39(61)15-12-14-32(5)60;/h13,17-19,21-23,25,27,30-31,33-35,40,42-43,45,48-49H,12,14-16,20,24,26,28-29H2,1-11H3,(H,56,64)(H,57,65)(H,58,63)(H,59,67);1H/b17-13+;/t33-,34-,35?,40-,42+,43-,45-,48+,49+;/m0./s1. The van der Waals surface area contributed by atoms with Gasteiger partial charge in [-0.15, -0.1) is 0 Å². The minimum atomic E-state index is -1.19. The molecule has 386 valence electrons. The average molecular weight is 994 g/mol. The summed E-state index contributed by atoms with van der Waals surface area (Å²) in [4.78, 5) is 106. The highest BCUT2D eigenvalue weighted by molar-refractivity contribution is 6.32. The number of methoxy groups -OCH3 is 1. The lowest BCUT2D eigenvalue weighted by Crippen LogP contribution is -2.58. The fraction of sp³-hybridized carbons (Fsp3) is 0.593. The minimum absolute atomic E-state index is 0. The molecule has 16 heteroatoms. The topological polar surface area (TPSA) is 216 Å². The minimum Gasteiger partial charge on any atom is -0.495 e. The Hall–Kier alpha value is -5.41. The lowest BCUT2D eigenvalue weighted by atomic mass is 9.83. The van der Waals surface area contributed by atoms with Gasteiger partial charge in [0.15, 0.2) is 5.78 Å². The van der Waals surface area contributed by atoms with E-state index in [1.54, 1.807) is 52.0 Å². The first-order valence-corrected chi connectivity index (χ1v) is 25.0. The number of Topliss-reactive ketones (excluding diaryl/α,β-unsaturated/α-hetero) is 3. The van der Waals surface area contributed by atoms with Gasteiger partial charge >= 0.3 is 5.97 Å². The van der Waals surface area contributed by atoms with E-state index in [4.69, 9.17) is 25.8 Å². The van der Waals surface area contributed by atoms with Gasteiger partial charge in [-0.2, -0.15) is 0 Å². The van der Waals surface area contributed by atoms with Crippen LogP contribution in [0.3, 0.4) is 0 Å². The van der Waals surface area contributed by atoms with Crippen molar-refractivity contribution >= 4 is 58.5 Å². The number of amides is 4. The summed E-state index contributed by atoms with van der Waals surface area (Å²) < 4.78 is 17.7. The molecule has 2 aromatic rings. The van der Waals surface area contributed by atoms with Crippen molar-refractivity contribution in [1.82, 2.24) is 21.3 Å². The Kier molecular flexibility index (Phi) is 21.4. The highest BCUT2D eigenvalue weighted by atomic mass is 35.5. The monoisotopic (exact) mass is 993 g/mol. The van der Waals surface area contributed by atoms with E-state index in [-0.39, 0.29) is 86.7 Å². The van der Waals surface area contributed by atoms with Crippen molar-refractivity contribution in [2.75, 3.05) is 7.11 Å². The van der Waals surface area contributed by atoms with Crippen LogP contribution >= 0.6 is 11.6 Å². The summed E-state index contributed by atoms with van der Waals surface area (Å²) in [6.07, 6.45) is 3.72. The molecule has 0 saturated carbocycles. The Morgan fingerprint density at radius 2 is 1.57 bits per heavy atom. The van der Waals surface area contributed by atoms with E-state index in [2.05, 4.69) is 21.3 Å². The van der Waals surface area contributed by atoms with Crippen molar-refractivity contribution in [3.8, 4) is 5.75 Å². The summed E-state index contributed by atoms with van der Waals surface area (Å²) in [7, 11) is 1.50. The molecule has 1 saturated heterocycles. The number of epoxide rings is 1. The fourth-order valence-corrected chi connectivity index (χ4v) is 8.69. The van der Waals surface area contributed by atoms with E-state index in [0.717, 1.165) is 11.1 Å². The van der Waals surface area contributed by atoms with Crippen LogP contribution in [0.5, 0.6) is 5.75 Å². The average Bonchev–Trinajstić information content (AvgIpc) is 4.09. The van der Waals surface area contributed by atoms with Gasteiger partial charge in [0.25, 0.3) is 0 Å². The molecule has 70 heavy (non-hydrogen) atoms. The Morgan fingerprint density at radius 1 is 0.900 bits per heavy atom. The van der Waals surface area contributed by atoms with Gasteiger partial charge < -0.3 is 40.3 Å². The molecular formula is C54H77ClN4O11. The van der Waals surface area contributed by atoms with Crippen LogP contribution in [0, 0.1) is 29.1 Å². The second-order valence-electron chi connectivity index (χ2n) is 20.4. The maximum absolute atomic E-state index is 14.0. The molecule has 1 fully saturated rings. The second kappa shape index (κ2) is 26.2. The first-order valence-electron chi connectivity index (χ1n) is 24.6. The number of benzene rings is 2. The van der Waals surface area contributed by atoms with Crippen molar-refractivity contribution in [3.63, 3.8) is 0 Å². The predicted molar refractivity (Wildman–Crippen MR) is 269 cm³/mol. The van der Waals surface area contributed by atoms with E-state index in [0.29, 0.717) is 42.0 Å². The summed E-state index contributed by atoms with van der Waals surface area (Å²) in [5, 5.41) is 11.8. The van der Waals surface area contributed by atoms with Crippen molar-refractivity contribution in [2.45, 2.75) is 170 Å². The predicted octanol–water partition coefficient (Wildman–Crippen LogP) is 7.33. The third-order valence-electron chi connectivity index (χ3n) is 13.5. The molecule has 15 nitrogen and oxygen atoms in total. The Bertz CT molecular complexity index is 2230. The number of cyclic esters (lactones) is 1. The van der Waals surface area contributed by atoms with Gasteiger partial charge in [-0.05, 0) is 101 Å². The van der Waals surface area contributed by atoms with Gasteiger partial charge in [0.2, 0.25) is 23.6 Å². The molecule has 4 rings (SSSR count). The van der Waals surface area contributed by atoms with Crippen molar-refractivity contribution in [2.24, 2.45) is 29.1 Å². The molecular weight excluding hydrogens is 916 g/mol. The number of aryl methyl sites for hydroxylation is 1. The maximum atomic E-state index is 14.0. The van der Waals surface area contributed by atoms with Gasteiger partial charge in [-0.1, -0.05) is 82.6 Å². The number of ether oxygens (including phenoxy) is 3. The molecule has 0 radical (unpaired) electrons. The number of esters is 1. The van der Waals surface area contributed by atoms with Gasteiger partial charge in [0, 0.05) is 57.8 Å². The van der Waals surface area contributed by atoms with E-state index in [1.807, 2.05) is 58.9 Å². The summed E-state index contributed by atoms with van der Waals surface area (Å²) in [5.41, 5.74) is 1.28. The van der Waals surface area contributed by atoms with Crippen LogP contribution in [0.1, 0.15) is 138 Å². The molecule has 2 aliphatic rings. The van der Waals surface area contributed by atoms with Crippen LogP contribution in [0.4, 0.5) is 0 Å². The SMILES string of the molecule is COc1ccc(C[C@H]2NC(=O)/C=C/C[C@@H]([C@H](C)[C@H]3O[C@@H]3c3ccc(CCC(=O)[C@H](C)NC(=O)[C@@H](CC(=O)CCCC(C)=O)C(C)C)cc3)OC(=O)[C@H](CC(C)C)NC(=O)C(C)(C)C(C)NC2=O)cc1Cl.[HH]. The number of rotatable bonds is 21. The number of carbonyl (C=O) groups is 8. The van der Waals surface area contributed by atoms with E-state index in [1.165, 1.54) is 20.1 Å². The van der Waals surface area contributed by atoms with Crippen LogP contribution in [-0.4, -0.2) is 90.4 Å². The van der Waals surface area contributed by atoms with Gasteiger partial charge in [0.1, 0.15) is 41.6 Å². The molecule has 0 spiro atoms. The van der Waals surface area contributed by atoms with Crippen molar-refractivity contribution < 1.29 is 54.0 Å². The Balaban J connectivity index is 0.0000133. The molecule has 4 N–H and O–H groups in total. The summed E-state index contributed by atoms with van der Waals surface area (Å²) in [5.74, 6) is -3.24. The van der Waals surface area contributed by atoms with Crippen LogP contribution in [-0.2, 0) is 60.7 Å². The van der Waals surface area contributed by atoms with Crippen LogP contribution in [0.15, 0.2) is 54.6 Å². The second-order valence-corrected chi connectivity index (χ2v) is 20.8. The molecule has 2 heterocycles. The van der Waals surface area contributed by atoms with E-state index >= 15 is 0 Å². The van der Waals surface area contributed by atoms with Crippen LogP contribution in [0.2, 0.25) is 5.02 Å². The summed E-state index contributed by atoms with van der Waals surface area (Å²) in [6.45, 7) is 17.7. The molecule has 1 unspecified atom stereocenters. The number of nitrogens with one attached hydrogen (secondary N) is 4. The number of hydrogen-bond donors (Lipinski definition) is 4. The molecule has 2 aliphatic heterocycles.